The first-order valence-corrected chi connectivity index (χ1v) is 6.89. The van der Waals surface area contributed by atoms with Crippen molar-refractivity contribution in [2.45, 2.75) is 32.2 Å². The summed E-state index contributed by atoms with van der Waals surface area (Å²) in [6.45, 7) is 2.11. The predicted molar refractivity (Wildman–Crippen MR) is 77.8 cm³/mol. The summed E-state index contributed by atoms with van der Waals surface area (Å²) in [6, 6.07) is 6.63. The minimum Gasteiger partial charge on any atom is -0.339 e. The largest absolute Gasteiger partial charge is 0.339 e. The van der Waals surface area contributed by atoms with Crippen LogP contribution in [0.2, 0.25) is 0 Å². The minimum atomic E-state index is -0.446. The molecule has 2 aromatic rings. The summed E-state index contributed by atoms with van der Waals surface area (Å²) in [5.41, 5.74) is 0.345. The highest BCUT2D eigenvalue weighted by atomic mass is 16.6. The standard InChI is InChI=1S/C14H18N4O3/c1-3-6-10(15-2)9-13-16-14(17-21-13)11-7-4-5-8-12(11)18(19)20/h4-5,7-8,10,15H,3,6,9H2,1-2H3. The molecule has 2 rings (SSSR count). The topological polar surface area (TPSA) is 94.1 Å². The zero-order valence-corrected chi connectivity index (χ0v) is 12.1. The van der Waals surface area contributed by atoms with Crippen LogP contribution in [0, 0.1) is 10.1 Å². The molecule has 21 heavy (non-hydrogen) atoms. The molecule has 0 spiro atoms. The zero-order chi connectivity index (χ0) is 15.2. The van der Waals surface area contributed by atoms with Gasteiger partial charge in [-0.3, -0.25) is 10.1 Å². The monoisotopic (exact) mass is 290 g/mol. The molecule has 112 valence electrons. The Morgan fingerprint density at radius 3 is 2.86 bits per heavy atom. The lowest BCUT2D eigenvalue weighted by atomic mass is 10.1. The molecule has 0 bridgehead atoms. The molecule has 1 aromatic heterocycles. The second kappa shape index (κ2) is 6.94. The van der Waals surface area contributed by atoms with Crippen molar-refractivity contribution in [2.75, 3.05) is 7.05 Å². The van der Waals surface area contributed by atoms with Crippen molar-refractivity contribution in [3.05, 3.63) is 40.3 Å². The second-order valence-corrected chi connectivity index (χ2v) is 4.76. The zero-order valence-electron chi connectivity index (χ0n) is 12.1. The number of rotatable bonds is 7. The van der Waals surface area contributed by atoms with Crippen LogP contribution in [-0.4, -0.2) is 28.2 Å². The van der Waals surface area contributed by atoms with E-state index in [1.54, 1.807) is 18.2 Å². The Kier molecular flexibility index (Phi) is 4.99. The van der Waals surface area contributed by atoms with Gasteiger partial charge in [0.1, 0.15) is 5.56 Å². The van der Waals surface area contributed by atoms with Crippen LogP contribution < -0.4 is 5.32 Å². The van der Waals surface area contributed by atoms with Crippen molar-refractivity contribution < 1.29 is 9.45 Å². The smallest absolute Gasteiger partial charge is 0.280 e. The lowest BCUT2D eigenvalue weighted by molar-refractivity contribution is -0.384. The lowest BCUT2D eigenvalue weighted by Crippen LogP contribution is -2.27. The van der Waals surface area contributed by atoms with Crippen molar-refractivity contribution in [2.24, 2.45) is 0 Å². The molecule has 0 amide bonds. The van der Waals surface area contributed by atoms with Crippen molar-refractivity contribution in [1.82, 2.24) is 15.5 Å². The van der Waals surface area contributed by atoms with Gasteiger partial charge < -0.3 is 9.84 Å². The van der Waals surface area contributed by atoms with Crippen molar-refractivity contribution in [1.29, 1.82) is 0 Å². The van der Waals surface area contributed by atoms with Crippen molar-refractivity contribution in [3.8, 4) is 11.4 Å². The van der Waals surface area contributed by atoms with E-state index >= 15 is 0 Å². The van der Waals surface area contributed by atoms with Crippen LogP contribution >= 0.6 is 0 Å². The maximum absolute atomic E-state index is 11.0. The molecule has 0 fully saturated rings. The van der Waals surface area contributed by atoms with Gasteiger partial charge in [0.25, 0.3) is 5.69 Å². The molecule has 0 aliphatic rings. The van der Waals surface area contributed by atoms with Gasteiger partial charge in [0.15, 0.2) is 0 Å². The molecule has 0 aliphatic heterocycles. The molecule has 0 saturated carbocycles. The van der Waals surface area contributed by atoms with Crippen LogP contribution in [0.15, 0.2) is 28.8 Å². The summed E-state index contributed by atoms with van der Waals surface area (Å²) in [6.07, 6.45) is 2.66. The number of hydrogen-bond donors (Lipinski definition) is 1. The molecular formula is C14H18N4O3. The number of nitro groups is 1. The van der Waals surface area contributed by atoms with Crippen LogP contribution in [0.4, 0.5) is 5.69 Å². The molecule has 7 heteroatoms. The van der Waals surface area contributed by atoms with Gasteiger partial charge in [0.05, 0.1) is 4.92 Å². The van der Waals surface area contributed by atoms with Gasteiger partial charge in [0, 0.05) is 18.5 Å². The number of para-hydroxylation sites is 1. The highest BCUT2D eigenvalue weighted by Gasteiger charge is 2.20. The number of likely N-dealkylation sites (N-methyl/N-ethyl adjacent to an activating group) is 1. The molecule has 7 nitrogen and oxygen atoms in total. The first kappa shape index (κ1) is 15.1. The van der Waals surface area contributed by atoms with Crippen LogP contribution in [0.3, 0.4) is 0 Å². The van der Waals surface area contributed by atoms with Gasteiger partial charge in [-0.05, 0) is 19.5 Å². The molecule has 0 radical (unpaired) electrons. The third-order valence-electron chi connectivity index (χ3n) is 3.28. The van der Waals surface area contributed by atoms with Crippen molar-refractivity contribution >= 4 is 5.69 Å². The van der Waals surface area contributed by atoms with Gasteiger partial charge in [-0.15, -0.1) is 0 Å². The van der Waals surface area contributed by atoms with Crippen LogP contribution in [0.5, 0.6) is 0 Å². The number of aromatic nitrogens is 2. The number of nitrogens with one attached hydrogen (secondary N) is 1. The maximum Gasteiger partial charge on any atom is 0.280 e. The SMILES string of the molecule is CCCC(Cc1nc(-c2ccccc2[N+](=O)[O-])no1)NC. The third-order valence-corrected chi connectivity index (χ3v) is 3.28. The highest BCUT2D eigenvalue weighted by molar-refractivity contribution is 5.67. The van der Waals surface area contributed by atoms with Gasteiger partial charge in [0.2, 0.25) is 11.7 Å². The molecule has 1 unspecified atom stereocenters. The van der Waals surface area contributed by atoms with E-state index < -0.39 is 4.92 Å². The molecule has 0 aliphatic carbocycles. The Bertz CT molecular complexity index is 612. The predicted octanol–water partition coefficient (Wildman–Crippen LogP) is 2.58. The van der Waals surface area contributed by atoms with Crippen LogP contribution in [0.1, 0.15) is 25.7 Å². The number of benzene rings is 1. The number of hydrogen-bond acceptors (Lipinski definition) is 6. The maximum atomic E-state index is 11.0. The normalized spacial score (nSPS) is 12.3. The Morgan fingerprint density at radius 2 is 2.19 bits per heavy atom. The average molecular weight is 290 g/mol. The van der Waals surface area contributed by atoms with E-state index in [0.717, 1.165) is 12.8 Å². The van der Waals surface area contributed by atoms with Gasteiger partial charge in [-0.2, -0.15) is 4.98 Å². The highest BCUT2D eigenvalue weighted by Crippen LogP contribution is 2.27. The van der Waals surface area contributed by atoms with Crippen molar-refractivity contribution in [3.63, 3.8) is 0 Å². The van der Waals surface area contributed by atoms with E-state index in [4.69, 9.17) is 4.52 Å². The van der Waals surface area contributed by atoms with E-state index in [1.807, 2.05) is 7.05 Å². The molecule has 1 aromatic carbocycles. The molecule has 0 saturated heterocycles. The Labute approximate surface area is 122 Å². The van der Waals surface area contributed by atoms with E-state index in [9.17, 15) is 10.1 Å². The van der Waals surface area contributed by atoms with E-state index in [-0.39, 0.29) is 17.6 Å². The first-order valence-electron chi connectivity index (χ1n) is 6.89. The Balaban J connectivity index is 2.22. The molecule has 1 heterocycles. The minimum absolute atomic E-state index is 0.0245. The molecular weight excluding hydrogens is 272 g/mol. The van der Waals surface area contributed by atoms with Gasteiger partial charge >= 0.3 is 0 Å². The van der Waals surface area contributed by atoms with E-state index in [0.29, 0.717) is 17.9 Å². The molecule has 1 atom stereocenters. The van der Waals surface area contributed by atoms with Gasteiger partial charge in [-0.25, -0.2) is 0 Å². The van der Waals surface area contributed by atoms with Crippen LogP contribution in [0.25, 0.3) is 11.4 Å². The Hall–Kier alpha value is -2.28. The fourth-order valence-corrected chi connectivity index (χ4v) is 2.18. The summed E-state index contributed by atoms with van der Waals surface area (Å²) in [5, 5.41) is 18.1. The fraction of sp³-hybridized carbons (Fsp3) is 0.429. The number of nitro benzene ring substituents is 1. The summed E-state index contributed by atoms with van der Waals surface area (Å²) in [5.74, 6) is 0.736. The van der Waals surface area contributed by atoms with E-state index in [1.165, 1.54) is 6.07 Å². The average Bonchev–Trinajstić information content (AvgIpc) is 2.95. The number of nitrogens with zero attached hydrogens (tertiary/aromatic N) is 3. The second-order valence-electron chi connectivity index (χ2n) is 4.76. The Morgan fingerprint density at radius 1 is 1.43 bits per heavy atom. The summed E-state index contributed by atoms with van der Waals surface area (Å²) >= 11 is 0. The third kappa shape index (κ3) is 3.63. The summed E-state index contributed by atoms with van der Waals surface area (Å²) in [4.78, 5) is 14.8. The quantitative estimate of drug-likeness (QED) is 0.622. The summed E-state index contributed by atoms with van der Waals surface area (Å²) < 4.78 is 5.21. The first-order chi connectivity index (χ1) is 10.2. The molecule has 1 N–H and O–H groups in total. The summed E-state index contributed by atoms with van der Waals surface area (Å²) in [7, 11) is 1.89. The lowest BCUT2D eigenvalue weighted by Gasteiger charge is -2.11. The fourth-order valence-electron chi connectivity index (χ4n) is 2.18. The van der Waals surface area contributed by atoms with Gasteiger partial charge in [-0.1, -0.05) is 30.6 Å². The van der Waals surface area contributed by atoms with Crippen LogP contribution in [-0.2, 0) is 6.42 Å². The van der Waals surface area contributed by atoms with E-state index in [2.05, 4.69) is 22.4 Å².